The van der Waals surface area contributed by atoms with E-state index in [-0.39, 0.29) is 11.9 Å². The summed E-state index contributed by atoms with van der Waals surface area (Å²) in [5.41, 5.74) is 2.62. The summed E-state index contributed by atoms with van der Waals surface area (Å²) in [5, 5.41) is 3.15. The molecule has 1 atom stereocenters. The van der Waals surface area contributed by atoms with Gasteiger partial charge in [0.1, 0.15) is 11.6 Å². The zero-order chi connectivity index (χ0) is 13.8. The number of halogens is 2. The molecule has 0 aliphatic heterocycles. The van der Waals surface area contributed by atoms with Gasteiger partial charge in [0.05, 0.1) is 0 Å². The summed E-state index contributed by atoms with van der Waals surface area (Å²) in [4.78, 5) is 0. The lowest BCUT2D eigenvalue weighted by atomic mass is 9.97. The van der Waals surface area contributed by atoms with Crippen molar-refractivity contribution >= 4 is 0 Å². The van der Waals surface area contributed by atoms with Crippen LogP contribution < -0.4 is 5.32 Å². The maximum Gasteiger partial charge on any atom is 0.126 e. The predicted molar refractivity (Wildman–Crippen MR) is 73.0 cm³/mol. The zero-order valence-corrected chi connectivity index (χ0v) is 11.1. The first-order valence-electron chi connectivity index (χ1n) is 6.28. The van der Waals surface area contributed by atoms with Crippen molar-refractivity contribution in [2.75, 3.05) is 7.05 Å². The van der Waals surface area contributed by atoms with Crippen LogP contribution in [0.25, 0.3) is 0 Å². The van der Waals surface area contributed by atoms with Crippen molar-refractivity contribution in [3.63, 3.8) is 0 Å². The minimum Gasteiger partial charge on any atom is -0.313 e. The molecule has 2 rings (SSSR count). The van der Waals surface area contributed by atoms with Gasteiger partial charge in [-0.2, -0.15) is 0 Å². The molecule has 2 aromatic rings. The number of rotatable bonds is 4. The number of hydrogen-bond acceptors (Lipinski definition) is 1. The highest BCUT2D eigenvalue weighted by Gasteiger charge is 2.13. The van der Waals surface area contributed by atoms with Gasteiger partial charge in [-0.05, 0) is 49.7 Å². The molecule has 0 heterocycles. The third-order valence-corrected chi connectivity index (χ3v) is 3.22. The van der Waals surface area contributed by atoms with Crippen LogP contribution in [0.4, 0.5) is 8.78 Å². The summed E-state index contributed by atoms with van der Waals surface area (Å²) < 4.78 is 26.8. The van der Waals surface area contributed by atoms with Crippen LogP contribution in [0.5, 0.6) is 0 Å². The molecule has 0 fully saturated rings. The Morgan fingerprint density at radius 3 is 2.58 bits per heavy atom. The Balaban J connectivity index is 2.26. The molecular formula is C16H17F2N. The van der Waals surface area contributed by atoms with Crippen LogP contribution in [0.15, 0.2) is 42.5 Å². The van der Waals surface area contributed by atoms with Gasteiger partial charge in [-0.1, -0.05) is 29.8 Å². The van der Waals surface area contributed by atoms with Crippen LogP contribution in [-0.4, -0.2) is 7.05 Å². The second-order valence-corrected chi connectivity index (χ2v) is 4.70. The Labute approximate surface area is 112 Å². The summed E-state index contributed by atoms with van der Waals surface area (Å²) in [6.45, 7) is 2.01. The second-order valence-electron chi connectivity index (χ2n) is 4.70. The maximum atomic E-state index is 13.7. The Bertz CT molecular complexity index is 566. The minimum absolute atomic E-state index is 0.0313. The van der Waals surface area contributed by atoms with Crippen molar-refractivity contribution < 1.29 is 8.78 Å². The van der Waals surface area contributed by atoms with Gasteiger partial charge in [0, 0.05) is 6.04 Å². The van der Waals surface area contributed by atoms with Gasteiger partial charge in [0.25, 0.3) is 0 Å². The van der Waals surface area contributed by atoms with E-state index >= 15 is 0 Å². The predicted octanol–water partition coefficient (Wildman–Crippen LogP) is 3.78. The summed E-state index contributed by atoms with van der Waals surface area (Å²) in [6, 6.07) is 11.6. The quantitative estimate of drug-likeness (QED) is 0.883. The monoisotopic (exact) mass is 261 g/mol. The average Bonchev–Trinajstić information content (AvgIpc) is 2.39. The molecule has 0 aliphatic rings. The zero-order valence-electron chi connectivity index (χ0n) is 11.1. The summed E-state index contributed by atoms with van der Waals surface area (Å²) in [5.74, 6) is -0.773. The van der Waals surface area contributed by atoms with Crippen LogP contribution >= 0.6 is 0 Å². The fourth-order valence-corrected chi connectivity index (χ4v) is 2.19. The van der Waals surface area contributed by atoms with Crippen LogP contribution in [0.2, 0.25) is 0 Å². The van der Waals surface area contributed by atoms with Crippen molar-refractivity contribution in [2.24, 2.45) is 0 Å². The molecule has 1 nitrogen and oxygen atoms in total. The molecule has 0 amide bonds. The van der Waals surface area contributed by atoms with E-state index in [1.54, 1.807) is 0 Å². The highest BCUT2D eigenvalue weighted by molar-refractivity contribution is 5.28. The minimum atomic E-state index is -0.407. The number of likely N-dealkylation sites (N-methyl/N-ethyl adjacent to an activating group) is 1. The Hall–Kier alpha value is -1.74. The maximum absolute atomic E-state index is 13.7. The number of benzene rings is 2. The average molecular weight is 261 g/mol. The van der Waals surface area contributed by atoms with Gasteiger partial charge < -0.3 is 5.32 Å². The lowest BCUT2D eigenvalue weighted by Crippen LogP contribution is -2.19. The van der Waals surface area contributed by atoms with Crippen LogP contribution in [0.1, 0.15) is 22.7 Å². The molecule has 0 spiro atoms. The summed E-state index contributed by atoms with van der Waals surface area (Å²) in [6.07, 6.45) is 0.420. The summed E-state index contributed by atoms with van der Waals surface area (Å²) in [7, 11) is 1.82. The van der Waals surface area contributed by atoms with E-state index in [2.05, 4.69) is 11.4 Å². The van der Waals surface area contributed by atoms with E-state index in [0.717, 1.165) is 17.2 Å². The molecule has 0 aliphatic carbocycles. The number of aryl methyl sites for hydroxylation is 1. The standard InChI is InChI=1S/C16H17F2N/c1-11-4-3-5-12(8-11)16(19-2)10-13-9-14(17)6-7-15(13)18/h3-9,16,19H,10H2,1-2H3. The van der Waals surface area contributed by atoms with E-state index in [4.69, 9.17) is 0 Å². The molecule has 3 heteroatoms. The highest BCUT2D eigenvalue weighted by atomic mass is 19.1. The van der Waals surface area contributed by atoms with E-state index in [1.807, 2.05) is 32.2 Å². The van der Waals surface area contributed by atoms with E-state index in [1.165, 1.54) is 12.1 Å². The van der Waals surface area contributed by atoms with E-state index in [9.17, 15) is 8.78 Å². The summed E-state index contributed by atoms with van der Waals surface area (Å²) >= 11 is 0. The Kier molecular flexibility index (Phi) is 4.27. The largest absolute Gasteiger partial charge is 0.313 e. The van der Waals surface area contributed by atoms with Crippen molar-refractivity contribution in [3.05, 3.63) is 70.8 Å². The normalized spacial score (nSPS) is 12.4. The van der Waals surface area contributed by atoms with Crippen LogP contribution in [0, 0.1) is 18.6 Å². The molecule has 0 saturated carbocycles. The van der Waals surface area contributed by atoms with Crippen molar-refractivity contribution in [1.82, 2.24) is 5.32 Å². The van der Waals surface area contributed by atoms with Crippen molar-refractivity contribution in [2.45, 2.75) is 19.4 Å². The van der Waals surface area contributed by atoms with E-state index in [0.29, 0.717) is 12.0 Å². The second kappa shape index (κ2) is 5.93. The van der Waals surface area contributed by atoms with Gasteiger partial charge in [-0.3, -0.25) is 0 Å². The number of hydrogen-bond donors (Lipinski definition) is 1. The SMILES string of the molecule is CNC(Cc1cc(F)ccc1F)c1cccc(C)c1. The molecule has 0 radical (unpaired) electrons. The van der Waals surface area contributed by atoms with Gasteiger partial charge in [-0.15, -0.1) is 0 Å². The van der Waals surface area contributed by atoms with Crippen molar-refractivity contribution in [1.29, 1.82) is 0 Å². The first kappa shape index (κ1) is 13.7. The first-order chi connectivity index (χ1) is 9.10. The first-order valence-corrected chi connectivity index (χ1v) is 6.28. The highest BCUT2D eigenvalue weighted by Crippen LogP contribution is 2.21. The topological polar surface area (TPSA) is 12.0 Å². The smallest absolute Gasteiger partial charge is 0.126 e. The van der Waals surface area contributed by atoms with E-state index < -0.39 is 5.82 Å². The molecule has 2 aromatic carbocycles. The Morgan fingerprint density at radius 2 is 1.89 bits per heavy atom. The van der Waals surface area contributed by atoms with Gasteiger partial charge in [0.2, 0.25) is 0 Å². The Morgan fingerprint density at radius 1 is 1.11 bits per heavy atom. The van der Waals surface area contributed by atoms with Gasteiger partial charge in [-0.25, -0.2) is 8.78 Å². The van der Waals surface area contributed by atoms with Crippen molar-refractivity contribution in [3.8, 4) is 0 Å². The molecule has 1 N–H and O–H groups in total. The fourth-order valence-electron chi connectivity index (χ4n) is 2.19. The molecule has 0 bridgehead atoms. The molecule has 19 heavy (non-hydrogen) atoms. The molecular weight excluding hydrogens is 244 g/mol. The third-order valence-electron chi connectivity index (χ3n) is 3.22. The molecule has 1 unspecified atom stereocenters. The van der Waals surface area contributed by atoms with Gasteiger partial charge >= 0.3 is 0 Å². The lowest BCUT2D eigenvalue weighted by Gasteiger charge is -2.17. The van der Waals surface area contributed by atoms with Gasteiger partial charge in [0.15, 0.2) is 0 Å². The fraction of sp³-hybridized carbons (Fsp3) is 0.250. The van der Waals surface area contributed by atoms with Crippen LogP contribution in [0.3, 0.4) is 0 Å². The molecule has 0 aromatic heterocycles. The molecule has 100 valence electrons. The van der Waals surface area contributed by atoms with Crippen LogP contribution in [-0.2, 0) is 6.42 Å². The lowest BCUT2D eigenvalue weighted by molar-refractivity contribution is 0.544. The molecule has 0 saturated heterocycles. The third kappa shape index (κ3) is 3.38. The number of nitrogens with one attached hydrogen (secondary N) is 1.